The third kappa shape index (κ3) is 5.28. The highest BCUT2D eigenvalue weighted by Crippen LogP contribution is 2.26. The van der Waals surface area contributed by atoms with Crippen LogP contribution in [0.1, 0.15) is 6.92 Å². The minimum Gasteiger partial charge on any atom is -0.494 e. The average Bonchev–Trinajstić information content (AvgIpc) is 2.74. The molecule has 30 heavy (non-hydrogen) atoms. The zero-order valence-electron chi connectivity index (χ0n) is 16.2. The van der Waals surface area contributed by atoms with E-state index in [2.05, 4.69) is 10.3 Å². The molecular formula is C21H20ClN3O4S. The molecule has 0 unspecified atom stereocenters. The van der Waals surface area contributed by atoms with Crippen molar-refractivity contribution in [3.8, 4) is 5.75 Å². The van der Waals surface area contributed by atoms with Crippen molar-refractivity contribution in [2.75, 3.05) is 22.8 Å². The smallest absolute Gasteiger partial charge is 0.264 e. The second-order valence-corrected chi connectivity index (χ2v) is 8.48. The van der Waals surface area contributed by atoms with Crippen molar-refractivity contribution in [3.05, 3.63) is 78.1 Å². The number of hydrogen-bond donors (Lipinski definition) is 1. The fourth-order valence-corrected chi connectivity index (χ4v) is 4.24. The summed E-state index contributed by atoms with van der Waals surface area (Å²) < 4.78 is 33.1. The van der Waals surface area contributed by atoms with E-state index in [1.54, 1.807) is 42.6 Å². The summed E-state index contributed by atoms with van der Waals surface area (Å²) in [6, 6.07) is 15.6. The molecule has 0 aliphatic heterocycles. The molecule has 0 atom stereocenters. The standard InChI is InChI=1S/C21H20ClN3O4S/c1-2-29-19-9-7-18(8-10-19)25(15-21(26)24-17-4-3-13-23-14-17)30(27,28)20-11-5-16(22)6-12-20/h3-14H,2,15H2,1H3,(H,24,26). The van der Waals surface area contributed by atoms with Crippen molar-refractivity contribution < 1.29 is 17.9 Å². The van der Waals surface area contributed by atoms with Crippen LogP contribution in [0.5, 0.6) is 5.75 Å². The summed E-state index contributed by atoms with van der Waals surface area (Å²) in [5.74, 6) is 0.0966. The third-order valence-electron chi connectivity index (χ3n) is 4.07. The van der Waals surface area contributed by atoms with E-state index in [1.165, 1.54) is 30.5 Å². The number of rotatable bonds is 8. The molecule has 0 fully saturated rings. The van der Waals surface area contributed by atoms with Gasteiger partial charge in [0.25, 0.3) is 10.0 Å². The Morgan fingerprint density at radius 2 is 1.80 bits per heavy atom. The van der Waals surface area contributed by atoms with Crippen LogP contribution in [0.25, 0.3) is 0 Å². The molecule has 0 aliphatic rings. The average molecular weight is 446 g/mol. The van der Waals surface area contributed by atoms with E-state index in [0.29, 0.717) is 28.8 Å². The van der Waals surface area contributed by atoms with Crippen LogP contribution in [0.2, 0.25) is 5.02 Å². The third-order valence-corrected chi connectivity index (χ3v) is 6.11. The Balaban J connectivity index is 1.93. The summed E-state index contributed by atoms with van der Waals surface area (Å²) in [6.07, 6.45) is 3.06. The molecule has 1 aromatic heterocycles. The highest BCUT2D eigenvalue weighted by molar-refractivity contribution is 7.92. The molecule has 2 aromatic carbocycles. The number of ether oxygens (including phenoxy) is 1. The van der Waals surface area contributed by atoms with E-state index in [0.717, 1.165) is 4.31 Å². The molecule has 156 valence electrons. The first kappa shape index (κ1) is 21.6. The van der Waals surface area contributed by atoms with E-state index in [-0.39, 0.29) is 4.90 Å². The van der Waals surface area contributed by atoms with Crippen LogP contribution in [-0.4, -0.2) is 32.5 Å². The Morgan fingerprint density at radius 3 is 2.40 bits per heavy atom. The van der Waals surface area contributed by atoms with Gasteiger partial charge in [-0.15, -0.1) is 0 Å². The first-order chi connectivity index (χ1) is 14.4. The number of carbonyl (C=O) groups is 1. The van der Waals surface area contributed by atoms with Crippen molar-refractivity contribution >= 4 is 38.9 Å². The topological polar surface area (TPSA) is 88.6 Å². The van der Waals surface area contributed by atoms with Crippen LogP contribution in [0.3, 0.4) is 0 Å². The largest absolute Gasteiger partial charge is 0.494 e. The SMILES string of the molecule is CCOc1ccc(N(CC(=O)Nc2cccnc2)S(=O)(=O)c2ccc(Cl)cc2)cc1. The van der Waals surface area contributed by atoms with Crippen LogP contribution >= 0.6 is 11.6 Å². The highest BCUT2D eigenvalue weighted by atomic mass is 35.5. The first-order valence-corrected chi connectivity index (χ1v) is 10.9. The molecule has 1 amide bonds. The Morgan fingerprint density at radius 1 is 1.10 bits per heavy atom. The molecule has 3 aromatic rings. The van der Waals surface area contributed by atoms with Crippen LogP contribution < -0.4 is 14.4 Å². The minimum atomic E-state index is -4.03. The number of carbonyl (C=O) groups excluding carboxylic acids is 1. The van der Waals surface area contributed by atoms with Gasteiger partial charge in [0, 0.05) is 11.2 Å². The summed E-state index contributed by atoms with van der Waals surface area (Å²) >= 11 is 5.89. The van der Waals surface area contributed by atoms with Gasteiger partial charge in [-0.2, -0.15) is 0 Å². The molecular weight excluding hydrogens is 426 g/mol. The van der Waals surface area contributed by atoms with Crippen molar-refractivity contribution in [2.45, 2.75) is 11.8 Å². The second kappa shape index (κ2) is 9.60. The molecule has 3 rings (SSSR count). The Hall–Kier alpha value is -3.10. The first-order valence-electron chi connectivity index (χ1n) is 9.11. The van der Waals surface area contributed by atoms with E-state index >= 15 is 0 Å². The van der Waals surface area contributed by atoms with Crippen LogP contribution in [-0.2, 0) is 14.8 Å². The number of hydrogen-bond acceptors (Lipinski definition) is 5. The normalized spacial score (nSPS) is 11.0. The maximum atomic E-state index is 13.3. The van der Waals surface area contributed by atoms with Gasteiger partial charge in [-0.25, -0.2) is 8.42 Å². The van der Waals surface area contributed by atoms with Gasteiger partial charge in [0.1, 0.15) is 12.3 Å². The Kier molecular flexibility index (Phi) is 6.91. The molecule has 0 saturated heterocycles. The lowest BCUT2D eigenvalue weighted by atomic mass is 10.3. The molecule has 1 heterocycles. The zero-order chi connectivity index (χ0) is 21.6. The van der Waals surface area contributed by atoms with Gasteiger partial charge < -0.3 is 10.1 Å². The lowest BCUT2D eigenvalue weighted by Crippen LogP contribution is -2.38. The van der Waals surface area contributed by atoms with Gasteiger partial charge in [-0.05, 0) is 67.6 Å². The number of pyridine rings is 1. The number of benzene rings is 2. The number of sulfonamides is 1. The maximum Gasteiger partial charge on any atom is 0.264 e. The van der Waals surface area contributed by atoms with Gasteiger partial charge in [0.05, 0.1) is 29.1 Å². The van der Waals surface area contributed by atoms with E-state index < -0.39 is 22.5 Å². The fraction of sp³-hybridized carbons (Fsp3) is 0.143. The summed E-state index contributed by atoms with van der Waals surface area (Å²) in [5, 5.41) is 3.07. The number of anilines is 2. The van der Waals surface area contributed by atoms with Gasteiger partial charge in [0.15, 0.2) is 0 Å². The number of aromatic nitrogens is 1. The maximum absolute atomic E-state index is 13.3. The van der Waals surface area contributed by atoms with Gasteiger partial charge in [-0.1, -0.05) is 11.6 Å². The van der Waals surface area contributed by atoms with Gasteiger partial charge >= 0.3 is 0 Å². The van der Waals surface area contributed by atoms with Crippen molar-refractivity contribution in [1.29, 1.82) is 0 Å². The predicted molar refractivity (Wildman–Crippen MR) is 116 cm³/mol. The predicted octanol–water partition coefficient (Wildman–Crippen LogP) is 3.97. The molecule has 0 spiro atoms. The number of nitrogens with zero attached hydrogens (tertiary/aromatic N) is 2. The van der Waals surface area contributed by atoms with Gasteiger partial charge in [0.2, 0.25) is 5.91 Å². The monoisotopic (exact) mass is 445 g/mol. The molecule has 0 bridgehead atoms. The van der Waals surface area contributed by atoms with Crippen LogP contribution in [0, 0.1) is 0 Å². The summed E-state index contributed by atoms with van der Waals surface area (Å²) in [4.78, 5) is 16.6. The van der Waals surface area contributed by atoms with Crippen LogP contribution in [0.15, 0.2) is 78.0 Å². The number of halogens is 1. The molecule has 9 heteroatoms. The molecule has 1 N–H and O–H groups in total. The lowest BCUT2D eigenvalue weighted by Gasteiger charge is -2.24. The molecule has 0 saturated carbocycles. The lowest BCUT2D eigenvalue weighted by molar-refractivity contribution is -0.114. The van der Waals surface area contributed by atoms with E-state index in [1.807, 2.05) is 6.92 Å². The quantitative estimate of drug-likeness (QED) is 0.566. The Bertz CT molecular complexity index is 1090. The van der Waals surface area contributed by atoms with E-state index in [9.17, 15) is 13.2 Å². The fourth-order valence-electron chi connectivity index (χ4n) is 2.69. The van der Waals surface area contributed by atoms with Crippen molar-refractivity contribution in [2.24, 2.45) is 0 Å². The minimum absolute atomic E-state index is 0.0231. The zero-order valence-corrected chi connectivity index (χ0v) is 17.7. The highest BCUT2D eigenvalue weighted by Gasteiger charge is 2.27. The Labute approximate surface area is 180 Å². The molecule has 0 aliphatic carbocycles. The second-order valence-electron chi connectivity index (χ2n) is 6.18. The summed E-state index contributed by atoms with van der Waals surface area (Å²) in [6.45, 7) is 1.92. The summed E-state index contributed by atoms with van der Waals surface area (Å²) in [7, 11) is -4.03. The number of amides is 1. The van der Waals surface area contributed by atoms with Crippen molar-refractivity contribution in [1.82, 2.24) is 4.98 Å². The molecule has 7 nitrogen and oxygen atoms in total. The van der Waals surface area contributed by atoms with Gasteiger partial charge in [-0.3, -0.25) is 14.1 Å². The molecule has 0 radical (unpaired) electrons. The van der Waals surface area contributed by atoms with E-state index in [4.69, 9.17) is 16.3 Å². The summed E-state index contributed by atoms with van der Waals surface area (Å²) in [5.41, 5.74) is 0.799. The number of nitrogens with one attached hydrogen (secondary N) is 1. The van der Waals surface area contributed by atoms with Crippen molar-refractivity contribution in [3.63, 3.8) is 0 Å². The van der Waals surface area contributed by atoms with Crippen LogP contribution in [0.4, 0.5) is 11.4 Å².